The molecular formula is C36H52ClN5O6S. The van der Waals surface area contributed by atoms with Crippen molar-refractivity contribution in [3.8, 4) is 0 Å². The van der Waals surface area contributed by atoms with Crippen LogP contribution in [0.3, 0.4) is 0 Å². The third-order valence-electron chi connectivity index (χ3n) is 9.99. The monoisotopic (exact) mass is 717 g/mol. The lowest BCUT2D eigenvalue weighted by Crippen LogP contribution is -2.64. The zero-order valence-electron chi connectivity index (χ0n) is 29.4. The van der Waals surface area contributed by atoms with Gasteiger partial charge in [0, 0.05) is 36.6 Å². The third kappa shape index (κ3) is 10.2. The first-order valence-corrected chi connectivity index (χ1v) is 19.3. The van der Waals surface area contributed by atoms with Crippen LogP contribution in [0.4, 0.5) is 0 Å². The second kappa shape index (κ2) is 15.9. The van der Waals surface area contributed by atoms with Crippen molar-refractivity contribution >= 4 is 39.2 Å². The van der Waals surface area contributed by atoms with Gasteiger partial charge in [-0.2, -0.15) is 0 Å². The zero-order valence-corrected chi connectivity index (χ0v) is 31.0. The first kappa shape index (κ1) is 38.7. The summed E-state index contributed by atoms with van der Waals surface area (Å²) in [7, 11) is -3.89. The van der Waals surface area contributed by atoms with Crippen LogP contribution in [0.25, 0.3) is 0 Å². The molecule has 4 rings (SSSR count). The van der Waals surface area contributed by atoms with E-state index in [4.69, 9.17) is 11.6 Å². The molecule has 49 heavy (non-hydrogen) atoms. The van der Waals surface area contributed by atoms with Crippen molar-refractivity contribution in [2.75, 3.05) is 19.3 Å². The van der Waals surface area contributed by atoms with Crippen molar-refractivity contribution in [1.29, 1.82) is 0 Å². The number of pyridine rings is 1. The number of carbonyl (C=O) groups excluding carboxylic acids is 3. The van der Waals surface area contributed by atoms with E-state index in [1.807, 2.05) is 51.1 Å². The molecule has 11 nitrogen and oxygen atoms in total. The topological polar surface area (TPSA) is 158 Å². The SMILES string of the molecule is CC(C)(C)NC(=O)[C@@H]1C[C@@H]2CCCC[C@@H]2CN1C[C@@H](O)[C@H](Cc1ccccc1)NC(=O)[C@@H](NC(=O)c1ccnc(Cl)c1)C(C)(C)S(C)(=O)=O. The van der Waals surface area contributed by atoms with Gasteiger partial charge in [0.1, 0.15) is 11.2 Å². The molecule has 2 aromatic rings. The molecule has 1 aliphatic heterocycles. The summed E-state index contributed by atoms with van der Waals surface area (Å²) in [5.41, 5.74) is 0.519. The molecule has 0 bridgehead atoms. The number of piperidine rings is 1. The van der Waals surface area contributed by atoms with Gasteiger partial charge in [-0.1, -0.05) is 61.2 Å². The standard InChI is InChI=1S/C36H52ClN5O6S/c1-35(2,3)41-33(45)28-19-24-14-10-11-15-26(24)21-42(28)22-29(43)27(18-23-12-8-7-9-13-23)39-34(46)31(36(4,5)49(6,47)48)40-32(44)25-16-17-38-30(37)20-25/h7-9,12-13,16-17,20,24,26-29,31,43H,10-11,14-15,18-19,21-22H2,1-6H3,(H,39,46)(H,40,44)(H,41,45)/t24-,26+,27-,28-,29+,31+/m0/s1. The van der Waals surface area contributed by atoms with Gasteiger partial charge in [0.15, 0.2) is 9.84 Å². The summed E-state index contributed by atoms with van der Waals surface area (Å²) in [6, 6.07) is 9.23. The number of likely N-dealkylation sites (tertiary alicyclic amines) is 1. The fraction of sp³-hybridized carbons (Fsp3) is 0.611. The number of halogens is 1. The number of aliphatic hydroxyl groups excluding tert-OH is 1. The van der Waals surface area contributed by atoms with Gasteiger partial charge in [0.05, 0.1) is 22.9 Å². The molecule has 0 unspecified atom stereocenters. The minimum absolute atomic E-state index is 0.0637. The Bertz CT molecular complexity index is 1580. The molecule has 13 heteroatoms. The molecule has 1 aromatic heterocycles. The Labute approximate surface area is 295 Å². The van der Waals surface area contributed by atoms with Gasteiger partial charge in [-0.3, -0.25) is 19.3 Å². The van der Waals surface area contributed by atoms with E-state index < -0.39 is 56.2 Å². The van der Waals surface area contributed by atoms with Crippen molar-refractivity contribution in [2.24, 2.45) is 11.8 Å². The van der Waals surface area contributed by atoms with Crippen LogP contribution < -0.4 is 16.0 Å². The van der Waals surface area contributed by atoms with Crippen molar-refractivity contribution in [3.63, 3.8) is 0 Å². The Kier molecular flexibility index (Phi) is 12.5. The maximum Gasteiger partial charge on any atom is 0.252 e. The summed E-state index contributed by atoms with van der Waals surface area (Å²) in [6.07, 6.45) is 6.59. The van der Waals surface area contributed by atoms with Crippen LogP contribution in [0.5, 0.6) is 0 Å². The largest absolute Gasteiger partial charge is 0.390 e. The highest BCUT2D eigenvalue weighted by atomic mass is 35.5. The van der Waals surface area contributed by atoms with Gasteiger partial charge in [-0.25, -0.2) is 13.4 Å². The van der Waals surface area contributed by atoms with Crippen LogP contribution in [-0.2, 0) is 25.8 Å². The number of aliphatic hydroxyl groups is 1. The quantitative estimate of drug-likeness (QED) is 0.243. The lowest BCUT2D eigenvalue weighted by atomic mass is 9.72. The lowest BCUT2D eigenvalue weighted by Gasteiger charge is -2.47. The predicted octanol–water partition coefficient (Wildman–Crippen LogP) is 3.54. The minimum Gasteiger partial charge on any atom is -0.390 e. The summed E-state index contributed by atoms with van der Waals surface area (Å²) in [6.45, 7) is 9.35. The second-order valence-corrected chi connectivity index (χ2v) is 18.3. The average Bonchev–Trinajstić information content (AvgIpc) is 3.01. The number of rotatable bonds is 12. The Balaban J connectivity index is 1.63. The van der Waals surface area contributed by atoms with E-state index in [0.717, 1.165) is 37.5 Å². The van der Waals surface area contributed by atoms with Crippen LogP contribution in [-0.4, -0.2) is 95.0 Å². The van der Waals surface area contributed by atoms with Gasteiger partial charge >= 0.3 is 0 Å². The van der Waals surface area contributed by atoms with Crippen molar-refractivity contribution in [2.45, 2.75) is 108 Å². The number of hydrogen-bond acceptors (Lipinski definition) is 8. The summed E-state index contributed by atoms with van der Waals surface area (Å²) in [4.78, 5) is 47.0. The Morgan fingerprint density at radius 3 is 2.29 bits per heavy atom. The Morgan fingerprint density at radius 2 is 1.67 bits per heavy atom. The number of fused-ring (bicyclic) bond motifs is 1. The van der Waals surface area contributed by atoms with Crippen LogP contribution in [0.15, 0.2) is 48.7 Å². The molecule has 2 heterocycles. The molecule has 6 atom stereocenters. The number of carbonyl (C=O) groups is 3. The molecule has 3 amide bonds. The summed E-state index contributed by atoms with van der Waals surface area (Å²) < 4.78 is 24.3. The Hall–Kier alpha value is -3.06. The Morgan fingerprint density at radius 1 is 1.02 bits per heavy atom. The number of aromatic nitrogens is 1. The van der Waals surface area contributed by atoms with Crippen molar-refractivity contribution in [3.05, 3.63) is 64.9 Å². The number of sulfone groups is 1. The molecule has 1 aromatic carbocycles. The molecule has 270 valence electrons. The number of amides is 3. The highest BCUT2D eigenvalue weighted by Crippen LogP contribution is 2.39. The number of nitrogens with zero attached hydrogens (tertiary/aromatic N) is 2. The van der Waals surface area contributed by atoms with E-state index in [1.165, 1.54) is 32.2 Å². The van der Waals surface area contributed by atoms with Crippen LogP contribution in [0.1, 0.15) is 82.6 Å². The highest BCUT2D eigenvalue weighted by molar-refractivity contribution is 7.92. The smallest absolute Gasteiger partial charge is 0.252 e. The van der Waals surface area contributed by atoms with Gasteiger partial charge in [-0.05, 0) is 83.4 Å². The summed E-state index contributed by atoms with van der Waals surface area (Å²) in [5.74, 6) is -0.697. The average molecular weight is 718 g/mol. The molecule has 0 spiro atoms. The number of hydrogen-bond donors (Lipinski definition) is 4. The van der Waals surface area contributed by atoms with Crippen LogP contribution in [0.2, 0.25) is 5.15 Å². The molecule has 1 saturated carbocycles. The van der Waals surface area contributed by atoms with Gasteiger partial charge in [-0.15, -0.1) is 0 Å². The van der Waals surface area contributed by atoms with E-state index >= 15 is 0 Å². The van der Waals surface area contributed by atoms with Crippen LogP contribution in [0, 0.1) is 11.8 Å². The van der Waals surface area contributed by atoms with E-state index in [2.05, 4.69) is 25.8 Å². The summed E-state index contributed by atoms with van der Waals surface area (Å²) in [5, 5.41) is 20.6. The van der Waals surface area contributed by atoms with Crippen molar-refractivity contribution in [1.82, 2.24) is 25.8 Å². The van der Waals surface area contributed by atoms with Gasteiger partial charge < -0.3 is 21.1 Å². The summed E-state index contributed by atoms with van der Waals surface area (Å²) >= 11 is 5.99. The molecule has 0 radical (unpaired) electrons. The zero-order chi connectivity index (χ0) is 36.1. The highest BCUT2D eigenvalue weighted by Gasteiger charge is 2.46. The lowest BCUT2D eigenvalue weighted by molar-refractivity contribution is -0.133. The minimum atomic E-state index is -3.89. The normalized spacial score (nSPS) is 22.2. The fourth-order valence-corrected chi connectivity index (χ4v) is 7.71. The first-order valence-electron chi connectivity index (χ1n) is 17.1. The van der Waals surface area contributed by atoms with Crippen molar-refractivity contribution < 1.29 is 27.9 Å². The van der Waals surface area contributed by atoms with E-state index in [0.29, 0.717) is 24.8 Å². The maximum atomic E-state index is 14.2. The molecule has 1 saturated heterocycles. The number of benzene rings is 1. The molecule has 4 N–H and O–H groups in total. The number of nitrogens with one attached hydrogen (secondary N) is 3. The van der Waals surface area contributed by atoms with Gasteiger partial charge in [0.25, 0.3) is 5.91 Å². The van der Waals surface area contributed by atoms with Gasteiger partial charge in [0.2, 0.25) is 11.8 Å². The van der Waals surface area contributed by atoms with Crippen LogP contribution >= 0.6 is 11.6 Å². The molecular weight excluding hydrogens is 666 g/mol. The molecule has 2 aliphatic rings. The third-order valence-corrected chi connectivity index (χ3v) is 12.3. The molecule has 2 fully saturated rings. The first-order chi connectivity index (χ1) is 22.9. The fourth-order valence-electron chi connectivity index (χ4n) is 6.94. The molecule has 1 aliphatic carbocycles. The van der Waals surface area contributed by atoms with E-state index in [1.54, 1.807) is 0 Å². The predicted molar refractivity (Wildman–Crippen MR) is 191 cm³/mol. The van der Waals surface area contributed by atoms with E-state index in [9.17, 15) is 27.9 Å². The van der Waals surface area contributed by atoms with E-state index in [-0.39, 0.29) is 29.6 Å². The maximum absolute atomic E-state index is 14.2. The number of β-amino-alcohol motifs (C(OH)–C–C–N with tert-alkyl or cyclic N) is 1. The second-order valence-electron chi connectivity index (χ2n) is 15.3.